The van der Waals surface area contributed by atoms with E-state index in [1.807, 2.05) is 51.1 Å². The van der Waals surface area contributed by atoms with Gasteiger partial charge in [-0.3, -0.25) is 19.3 Å². The number of carboxylic acids is 1. The minimum Gasteiger partial charge on any atom is -0.493 e. The van der Waals surface area contributed by atoms with E-state index in [0.29, 0.717) is 85.0 Å². The Balaban J connectivity index is 0.00000561. The second-order valence-corrected chi connectivity index (χ2v) is 15.1. The fourth-order valence-electron chi connectivity index (χ4n) is 8.36. The Hall–Kier alpha value is -3.74. The largest absolute Gasteiger partial charge is 0.493 e. The molecule has 0 saturated carbocycles. The molecule has 3 aliphatic rings. The Kier molecular flexibility index (Phi) is 13.7. The summed E-state index contributed by atoms with van der Waals surface area (Å²) < 4.78 is 16.5. The van der Waals surface area contributed by atoms with Gasteiger partial charge in [0, 0.05) is 50.2 Å². The lowest BCUT2D eigenvalue weighted by molar-refractivity contribution is -0.142. The molecule has 0 bridgehead atoms. The van der Waals surface area contributed by atoms with Crippen LogP contribution in [0.15, 0.2) is 60.7 Å². The van der Waals surface area contributed by atoms with E-state index in [0.717, 1.165) is 43.6 Å². The van der Waals surface area contributed by atoms with Gasteiger partial charge >= 0.3 is 5.97 Å². The molecule has 11 nitrogen and oxygen atoms in total. The lowest BCUT2D eigenvalue weighted by Gasteiger charge is -2.46. The molecule has 0 aromatic heterocycles. The van der Waals surface area contributed by atoms with E-state index in [-0.39, 0.29) is 36.2 Å². The molecular formula is C40H49Cl3N4O7. The number of aliphatic carboxylic acids is 1. The van der Waals surface area contributed by atoms with Crippen LogP contribution in [0.1, 0.15) is 47.2 Å². The van der Waals surface area contributed by atoms with Crippen LogP contribution in [0.2, 0.25) is 10.0 Å². The fourth-order valence-corrected chi connectivity index (χ4v) is 8.66. The molecule has 54 heavy (non-hydrogen) atoms. The topological polar surface area (TPSA) is 112 Å². The fraction of sp³-hybridized carbons (Fsp3) is 0.475. The van der Waals surface area contributed by atoms with E-state index >= 15 is 0 Å². The first kappa shape index (κ1) is 41.4. The van der Waals surface area contributed by atoms with Gasteiger partial charge in [-0.25, -0.2) is 0 Å². The first-order valence-corrected chi connectivity index (χ1v) is 18.8. The maximum atomic E-state index is 14.4. The van der Waals surface area contributed by atoms with Crippen molar-refractivity contribution in [2.45, 2.75) is 36.5 Å². The Morgan fingerprint density at radius 1 is 0.722 bits per heavy atom. The first-order chi connectivity index (χ1) is 25.5. The van der Waals surface area contributed by atoms with Crippen LogP contribution in [-0.2, 0) is 20.4 Å². The molecule has 3 saturated heterocycles. The monoisotopic (exact) mass is 802 g/mol. The van der Waals surface area contributed by atoms with Gasteiger partial charge in [-0.05, 0) is 80.7 Å². The SMILES string of the molecule is COc1cc(C(=O)N2CC[C@@](CCN3CCC(C(=O)N4CCN(CC(=O)O)CC4)(c4ccccc4)CC3)(c3ccc(Cl)c(Cl)c3)C2)cc(OC)c1OC.Cl. The Morgan fingerprint density at radius 3 is 1.94 bits per heavy atom. The van der Waals surface area contributed by atoms with Gasteiger partial charge < -0.3 is 34.0 Å². The zero-order valence-corrected chi connectivity index (χ0v) is 33.4. The van der Waals surface area contributed by atoms with Gasteiger partial charge in [-0.2, -0.15) is 0 Å². The number of carbonyl (C=O) groups is 3. The van der Waals surface area contributed by atoms with Crippen molar-refractivity contribution in [1.29, 1.82) is 0 Å². The molecule has 0 unspecified atom stereocenters. The molecular weight excluding hydrogens is 755 g/mol. The molecule has 6 rings (SSSR count). The highest BCUT2D eigenvalue weighted by atomic mass is 35.5. The quantitative estimate of drug-likeness (QED) is 0.240. The normalized spacial score (nSPS) is 20.2. The standard InChI is InChI=1S/C40H48Cl2N4O7.ClH/c1-51-33-23-28(24-34(52-2)36(33)53-3)37(49)46-18-12-39(27-46,30-9-10-31(41)32(42)25-30)11-15-43-16-13-40(14-17-43,29-7-5-4-6-8-29)38(50)45-21-19-44(20-22-45)26-35(47)48;/h4-10,23-25H,11-22,26-27H2,1-3H3,(H,47,48);1H/t39-;/m1./s1. The minimum atomic E-state index is -0.852. The van der Waals surface area contributed by atoms with Crippen molar-refractivity contribution < 1.29 is 33.7 Å². The average molecular weight is 804 g/mol. The van der Waals surface area contributed by atoms with Gasteiger partial charge in [0.1, 0.15) is 0 Å². The molecule has 3 aliphatic heterocycles. The number of carbonyl (C=O) groups excluding carboxylic acids is 2. The summed E-state index contributed by atoms with van der Waals surface area (Å²) in [5.74, 6) is 0.410. The van der Waals surface area contributed by atoms with E-state index < -0.39 is 11.4 Å². The summed E-state index contributed by atoms with van der Waals surface area (Å²) >= 11 is 12.9. The van der Waals surface area contributed by atoms with Crippen LogP contribution in [0.3, 0.4) is 0 Å². The van der Waals surface area contributed by atoms with Gasteiger partial charge in [-0.1, -0.05) is 59.6 Å². The number of halogens is 3. The number of likely N-dealkylation sites (tertiary alicyclic amines) is 2. The number of carboxylic acid groups (broad SMARTS) is 1. The highest BCUT2D eigenvalue weighted by Crippen LogP contribution is 2.44. The molecule has 3 aromatic carbocycles. The second kappa shape index (κ2) is 17.8. The maximum absolute atomic E-state index is 14.4. The number of methoxy groups -OCH3 is 3. The second-order valence-electron chi connectivity index (χ2n) is 14.3. The molecule has 0 aliphatic carbocycles. The number of hydrogen-bond acceptors (Lipinski definition) is 8. The average Bonchev–Trinajstić information content (AvgIpc) is 3.63. The van der Waals surface area contributed by atoms with Crippen molar-refractivity contribution >= 4 is 53.4 Å². The molecule has 3 aromatic rings. The molecule has 292 valence electrons. The smallest absolute Gasteiger partial charge is 0.317 e. The van der Waals surface area contributed by atoms with E-state index in [9.17, 15) is 19.5 Å². The van der Waals surface area contributed by atoms with E-state index in [1.165, 1.54) is 21.3 Å². The van der Waals surface area contributed by atoms with Crippen LogP contribution in [0.4, 0.5) is 0 Å². The zero-order chi connectivity index (χ0) is 37.8. The van der Waals surface area contributed by atoms with E-state index in [4.69, 9.17) is 37.4 Å². The number of hydrogen-bond donors (Lipinski definition) is 1. The number of nitrogens with zero attached hydrogens (tertiary/aromatic N) is 4. The Bertz CT molecular complexity index is 1770. The van der Waals surface area contributed by atoms with Gasteiger partial charge in [0.05, 0.1) is 43.3 Å². The molecule has 3 heterocycles. The Morgan fingerprint density at radius 2 is 1.37 bits per heavy atom. The van der Waals surface area contributed by atoms with Crippen molar-refractivity contribution in [2.75, 3.05) is 86.8 Å². The number of ether oxygens (including phenoxy) is 3. The summed E-state index contributed by atoms with van der Waals surface area (Å²) in [6, 6.07) is 19.2. The predicted molar refractivity (Wildman–Crippen MR) is 211 cm³/mol. The number of benzene rings is 3. The lowest BCUT2D eigenvalue weighted by atomic mass is 9.71. The maximum Gasteiger partial charge on any atom is 0.317 e. The molecule has 1 N–H and O–H groups in total. The summed E-state index contributed by atoms with van der Waals surface area (Å²) in [4.78, 5) is 47.8. The molecule has 2 amide bonds. The van der Waals surface area contributed by atoms with Crippen LogP contribution < -0.4 is 14.2 Å². The highest BCUT2D eigenvalue weighted by molar-refractivity contribution is 6.42. The number of rotatable bonds is 12. The van der Waals surface area contributed by atoms with Crippen molar-refractivity contribution in [1.82, 2.24) is 19.6 Å². The van der Waals surface area contributed by atoms with E-state index in [1.54, 1.807) is 12.1 Å². The summed E-state index contributed by atoms with van der Waals surface area (Å²) in [7, 11) is 4.59. The van der Waals surface area contributed by atoms with Gasteiger partial charge in [0.25, 0.3) is 5.91 Å². The Labute approximate surface area is 333 Å². The van der Waals surface area contributed by atoms with Crippen LogP contribution in [0.5, 0.6) is 17.2 Å². The summed E-state index contributed by atoms with van der Waals surface area (Å²) in [5, 5.41) is 10.2. The van der Waals surface area contributed by atoms with E-state index in [2.05, 4.69) is 17.0 Å². The number of amides is 2. The molecule has 14 heteroatoms. The zero-order valence-electron chi connectivity index (χ0n) is 31.0. The summed E-state index contributed by atoms with van der Waals surface area (Å²) in [6.45, 7) is 5.42. The van der Waals surface area contributed by atoms with Crippen LogP contribution in [0, 0.1) is 0 Å². The van der Waals surface area contributed by atoms with Crippen molar-refractivity contribution in [2.24, 2.45) is 0 Å². The number of piperazine rings is 1. The van der Waals surface area contributed by atoms with Crippen molar-refractivity contribution in [3.05, 3.63) is 87.4 Å². The van der Waals surface area contributed by atoms with Gasteiger partial charge in [0.2, 0.25) is 11.7 Å². The minimum absolute atomic E-state index is 0. The molecule has 3 fully saturated rings. The highest BCUT2D eigenvalue weighted by Gasteiger charge is 2.47. The van der Waals surface area contributed by atoms with Gasteiger partial charge in [-0.15, -0.1) is 12.4 Å². The molecule has 0 radical (unpaired) electrons. The molecule has 0 spiro atoms. The first-order valence-electron chi connectivity index (χ1n) is 18.1. The molecule has 1 atom stereocenters. The van der Waals surface area contributed by atoms with Crippen molar-refractivity contribution in [3.8, 4) is 17.2 Å². The third kappa shape index (κ3) is 8.55. The summed E-state index contributed by atoms with van der Waals surface area (Å²) in [6.07, 6.45) is 2.88. The third-order valence-corrected chi connectivity index (χ3v) is 12.2. The number of piperidine rings is 1. The van der Waals surface area contributed by atoms with Crippen LogP contribution in [-0.4, -0.2) is 129 Å². The van der Waals surface area contributed by atoms with Gasteiger partial charge in [0.15, 0.2) is 11.5 Å². The van der Waals surface area contributed by atoms with Crippen LogP contribution >= 0.6 is 35.6 Å². The predicted octanol–water partition coefficient (Wildman–Crippen LogP) is 5.88. The van der Waals surface area contributed by atoms with Crippen LogP contribution in [0.25, 0.3) is 0 Å². The lowest BCUT2D eigenvalue weighted by Crippen LogP contribution is -2.58. The van der Waals surface area contributed by atoms with Crippen molar-refractivity contribution in [3.63, 3.8) is 0 Å². The third-order valence-electron chi connectivity index (χ3n) is 11.5. The summed E-state index contributed by atoms with van der Waals surface area (Å²) in [5.41, 5.74) is 1.50.